The molecule has 1 nitrogen and oxygen atoms in total. The Bertz CT molecular complexity index is 306. The molecule has 0 N–H and O–H groups in total. The first-order valence-electron chi connectivity index (χ1n) is 7.19. The molecule has 0 saturated carbocycles. The smallest absolute Gasteiger partial charge is 0.138 e. The lowest BCUT2D eigenvalue weighted by molar-refractivity contribution is -0.128. The Labute approximate surface area is 117 Å². The summed E-state index contributed by atoms with van der Waals surface area (Å²) in [5, 5.41) is 0.464. The molecule has 18 heavy (non-hydrogen) atoms. The van der Waals surface area contributed by atoms with E-state index in [4.69, 9.17) is 0 Å². The SMILES string of the molecule is CCCSC(C)CC(=O)C1C(C)C=CCC1(C)C. The first kappa shape index (κ1) is 15.8. The van der Waals surface area contributed by atoms with E-state index in [1.165, 1.54) is 6.42 Å². The molecule has 0 aromatic heterocycles. The Morgan fingerprint density at radius 3 is 2.72 bits per heavy atom. The summed E-state index contributed by atoms with van der Waals surface area (Å²) in [6.45, 7) is 11.0. The molecular formula is C16H28OS. The molecule has 0 heterocycles. The summed E-state index contributed by atoms with van der Waals surface area (Å²) in [6, 6.07) is 0. The molecule has 0 aromatic rings. The average Bonchev–Trinajstić information content (AvgIpc) is 2.24. The Kier molecular flexibility index (Phi) is 5.97. The third-order valence-corrected chi connectivity index (χ3v) is 5.27. The van der Waals surface area contributed by atoms with Crippen LogP contribution in [0.3, 0.4) is 0 Å². The quantitative estimate of drug-likeness (QED) is 0.649. The van der Waals surface area contributed by atoms with Crippen molar-refractivity contribution in [2.45, 2.75) is 59.1 Å². The molecule has 2 heteroatoms. The highest BCUT2D eigenvalue weighted by molar-refractivity contribution is 7.99. The summed E-state index contributed by atoms with van der Waals surface area (Å²) in [7, 11) is 0. The Morgan fingerprint density at radius 2 is 2.17 bits per heavy atom. The standard InChI is InChI=1S/C16H28OS/c1-6-10-18-13(3)11-14(17)15-12(2)8-7-9-16(15,4)5/h7-8,12-13,15H,6,9-11H2,1-5H3. The molecule has 0 bridgehead atoms. The van der Waals surface area contributed by atoms with E-state index in [-0.39, 0.29) is 11.3 Å². The van der Waals surface area contributed by atoms with Crippen LogP contribution in [0.5, 0.6) is 0 Å². The number of hydrogen-bond donors (Lipinski definition) is 0. The van der Waals surface area contributed by atoms with Crippen LogP contribution in [0.15, 0.2) is 12.2 Å². The number of ketones is 1. The van der Waals surface area contributed by atoms with Gasteiger partial charge in [-0.1, -0.05) is 46.8 Å². The molecule has 104 valence electrons. The van der Waals surface area contributed by atoms with Gasteiger partial charge in [0.25, 0.3) is 0 Å². The fourth-order valence-corrected chi connectivity index (χ4v) is 3.97. The maximum absolute atomic E-state index is 12.6. The summed E-state index contributed by atoms with van der Waals surface area (Å²) in [4.78, 5) is 12.6. The lowest BCUT2D eigenvalue weighted by Crippen LogP contribution is -2.38. The van der Waals surface area contributed by atoms with Gasteiger partial charge in [-0.05, 0) is 29.9 Å². The number of Topliss-reactive ketones (excluding diaryl/α,β-unsaturated/α-hetero) is 1. The maximum atomic E-state index is 12.6. The number of allylic oxidation sites excluding steroid dienone is 2. The summed E-state index contributed by atoms with van der Waals surface area (Å²) < 4.78 is 0. The van der Waals surface area contributed by atoms with Crippen LogP contribution in [0.2, 0.25) is 0 Å². The largest absolute Gasteiger partial charge is 0.299 e. The van der Waals surface area contributed by atoms with Crippen LogP contribution in [0, 0.1) is 17.3 Å². The van der Waals surface area contributed by atoms with Crippen molar-refractivity contribution in [2.24, 2.45) is 17.3 Å². The Morgan fingerprint density at radius 1 is 1.50 bits per heavy atom. The minimum atomic E-state index is 0.125. The first-order valence-corrected chi connectivity index (χ1v) is 8.24. The van der Waals surface area contributed by atoms with Crippen LogP contribution in [0.4, 0.5) is 0 Å². The summed E-state index contributed by atoms with van der Waals surface area (Å²) in [6.07, 6.45) is 7.42. The first-order chi connectivity index (χ1) is 8.38. The predicted octanol–water partition coefficient (Wildman–Crippen LogP) is 4.72. The zero-order chi connectivity index (χ0) is 13.8. The lowest BCUT2D eigenvalue weighted by atomic mass is 9.65. The van der Waals surface area contributed by atoms with E-state index in [2.05, 4.69) is 46.8 Å². The lowest BCUT2D eigenvalue weighted by Gasteiger charge is -2.39. The van der Waals surface area contributed by atoms with Crippen molar-refractivity contribution in [3.63, 3.8) is 0 Å². The number of hydrogen-bond acceptors (Lipinski definition) is 2. The van der Waals surface area contributed by atoms with Gasteiger partial charge in [0.15, 0.2) is 0 Å². The van der Waals surface area contributed by atoms with E-state index in [1.807, 2.05) is 11.8 Å². The number of thioether (sulfide) groups is 1. The highest BCUT2D eigenvalue weighted by atomic mass is 32.2. The van der Waals surface area contributed by atoms with Crippen molar-refractivity contribution in [1.82, 2.24) is 0 Å². The molecular weight excluding hydrogens is 240 g/mol. The number of rotatable bonds is 6. The molecule has 0 aliphatic heterocycles. The third kappa shape index (κ3) is 4.15. The van der Waals surface area contributed by atoms with Crippen molar-refractivity contribution >= 4 is 17.5 Å². The third-order valence-electron chi connectivity index (χ3n) is 3.89. The molecule has 0 fully saturated rings. The van der Waals surface area contributed by atoms with Crippen molar-refractivity contribution in [3.05, 3.63) is 12.2 Å². The molecule has 0 amide bonds. The molecule has 3 atom stereocenters. The molecule has 1 aliphatic carbocycles. The van der Waals surface area contributed by atoms with Crippen LogP contribution in [-0.2, 0) is 4.79 Å². The van der Waals surface area contributed by atoms with E-state index >= 15 is 0 Å². The molecule has 1 rings (SSSR count). The van der Waals surface area contributed by atoms with Gasteiger partial charge >= 0.3 is 0 Å². The van der Waals surface area contributed by atoms with E-state index in [0.29, 0.717) is 17.0 Å². The molecule has 0 spiro atoms. The molecule has 0 saturated heterocycles. The van der Waals surface area contributed by atoms with Crippen molar-refractivity contribution in [2.75, 3.05) is 5.75 Å². The van der Waals surface area contributed by atoms with Gasteiger partial charge in [0.1, 0.15) is 5.78 Å². The van der Waals surface area contributed by atoms with Crippen molar-refractivity contribution < 1.29 is 4.79 Å². The normalized spacial score (nSPS) is 28.1. The zero-order valence-corrected chi connectivity index (χ0v) is 13.3. The van der Waals surface area contributed by atoms with E-state index in [9.17, 15) is 4.79 Å². The van der Waals surface area contributed by atoms with Crippen LogP contribution in [-0.4, -0.2) is 16.8 Å². The topological polar surface area (TPSA) is 17.1 Å². The fourth-order valence-electron chi connectivity index (χ4n) is 3.05. The van der Waals surface area contributed by atoms with Gasteiger partial charge in [-0.15, -0.1) is 0 Å². The van der Waals surface area contributed by atoms with Crippen LogP contribution < -0.4 is 0 Å². The second-order valence-electron chi connectivity index (χ2n) is 6.31. The van der Waals surface area contributed by atoms with E-state index in [1.54, 1.807) is 0 Å². The minimum absolute atomic E-state index is 0.125. The van der Waals surface area contributed by atoms with Gasteiger partial charge in [0.05, 0.1) is 0 Å². The molecule has 1 aliphatic rings. The van der Waals surface area contributed by atoms with Gasteiger partial charge in [-0.2, -0.15) is 11.8 Å². The average molecular weight is 268 g/mol. The van der Waals surface area contributed by atoms with Gasteiger partial charge < -0.3 is 0 Å². The van der Waals surface area contributed by atoms with Crippen molar-refractivity contribution in [3.8, 4) is 0 Å². The summed E-state index contributed by atoms with van der Waals surface area (Å²) in [5.74, 6) is 2.22. The van der Waals surface area contributed by atoms with Crippen LogP contribution in [0.25, 0.3) is 0 Å². The van der Waals surface area contributed by atoms with Gasteiger partial charge in [-0.25, -0.2) is 0 Å². The Balaban J connectivity index is 2.62. The maximum Gasteiger partial charge on any atom is 0.138 e. The fraction of sp³-hybridized carbons (Fsp3) is 0.812. The highest BCUT2D eigenvalue weighted by Crippen LogP contribution is 2.42. The van der Waals surface area contributed by atoms with E-state index < -0.39 is 0 Å². The second kappa shape index (κ2) is 6.79. The van der Waals surface area contributed by atoms with Crippen molar-refractivity contribution in [1.29, 1.82) is 0 Å². The number of carbonyl (C=O) groups is 1. The summed E-state index contributed by atoms with van der Waals surface area (Å²) >= 11 is 1.93. The molecule has 3 unspecified atom stereocenters. The predicted molar refractivity (Wildman–Crippen MR) is 82.0 cm³/mol. The monoisotopic (exact) mass is 268 g/mol. The molecule has 0 aromatic carbocycles. The Hall–Kier alpha value is -0.240. The highest BCUT2D eigenvalue weighted by Gasteiger charge is 2.39. The van der Waals surface area contributed by atoms with Gasteiger partial charge in [0, 0.05) is 17.6 Å². The van der Waals surface area contributed by atoms with E-state index in [0.717, 1.165) is 18.6 Å². The van der Waals surface area contributed by atoms with Crippen LogP contribution in [0.1, 0.15) is 53.9 Å². The minimum Gasteiger partial charge on any atom is -0.299 e. The van der Waals surface area contributed by atoms with Crippen LogP contribution >= 0.6 is 11.8 Å². The second-order valence-corrected chi connectivity index (χ2v) is 7.86. The molecule has 0 radical (unpaired) electrons. The van der Waals surface area contributed by atoms with Gasteiger partial charge in [0.2, 0.25) is 0 Å². The summed E-state index contributed by atoms with van der Waals surface area (Å²) in [5.41, 5.74) is 0.125. The zero-order valence-electron chi connectivity index (χ0n) is 12.5. The van der Waals surface area contributed by atoms with Gasteiger partial charge in [-0.3, -0.25) is 4.79 Å². The number of carbonyl (C=O) groups excluding carboxylic acids is 1.